The zero-order valence-electron chi connectivity index (χ0n) is 9.96. The van der Waals surface area contributed by atoms with Crippen LogP contribution in [0.3, 0.4) is 0 Å². The highest BCUT2D eigenvalue weighted by atomic mass is 15.2. The molecule has 0 aromatic carbocycles. The van der Waals surface area contributed by atoms with E-state index in [0.29, 0.717) is 6.42 Å². The molecule has 0 fully saturated rings. The Hall–Kier alpha value is -1.79. The van der Waals surface area contributed by atoms with Crippen molar-refractivity contribution in [3.8, 4) is 0 Å². The number of nitrogens with zero attached hydrogens (tertiary/aromatic N) is 4. The maximum atomic E-state index is 5.57. The standard InChI is InChI=1S/C11H16N6/c1-8-13-4-3-9(15-8)10(16-12)7-11-14-5-6-17(11)2/h3-6,10,16H,7,12H2,1-2H3. The zero-order valence-corrected chi connectivity index (χ0v) is 9.96. The third kappa shape index (κ3) is 2.66. The first-order valence-corrected chi connectivity index (χ1v) is 5.42. The molecule has 0 saturated carbocycles. The second kappa shape index (κ2) is 5.03. The van der Waals surface area contributed by atoms with Crippen LogP contribution >= 0.6 is 0 Å². The summed E-state index contributed by atoms with van der Waals surface area (Å²) >= 11 is 0. The molecule has 1 unspecified atom stereocenters. The van der Waals surface area contributed by atoms with E-state index in [2.05, 4.69) is 20.4 Å². The molecule has 2 aromatic heterocycles. The molecule has 1 atom stereocenters. The highest BCUT2D eigenvalue weighted by Gasteiger charge is 2.14. The summed E-state index contributed by atoms with van der Waals surface area (Å²) in [6.07, 6.45) is 6.11. The Kier molecular flexibility index (Phi) is 3.46. The Labute approximate surface area is 99.9 Å². The van der Waals surface area contributed by atoms with Crippen molar-refractivity contribution in [3.63, 3.8) is 0 Å². The molecule has 0 aliphatic rings. The van der Waals surface area contributed by atoms with Crippen LogP contribution in [0.2, 0.25) is 0 Å². The number of nitrogens with two attached hydrogens (primary N) is 1. The fraction of sp³-hybridized carbons (Fsp3) is 0.364. The van der Waals surface area contributed by atoms with E-state index in [1.165, 1.54) is 0 Å². The minimum Gasteiger partial charge on any atom is -0.338 e. The van der Waals surface area contributed by atoms with Gasteiger partial charge in [-0.1, -0.05) is 0 Å². The molecule has 3 N–H and O–H groups in total. The highest BCUT2D eigenvalue weighted by molar-refractivity contribution is 5.10. The third-order valence-corrected chi connectivity index (χ3v) is 2.66. The van der Waals surface area contributed by atoms with Crippen LogP contribution in [0.15, 0.2) is 24.7 Å². The maximum Gasteiger partial charge on any atom is 0.125 e. The normalized spacial score (nSPS) is 12.6. The molecule has 90 valence electrons. The monoisotopic (exact) mass is 232 g/mol. The molecule has 0 saturated heterocycles. The Morgan fingerprint density at radius 3 is 2.82 bits per heavy atom. The lowest BCUT2D eigenvalue weighted by Crippen LogP contribution is -2.31. The number of hydrogen-bond acceptors (Lipinski definition) is 5. The Bertz CT molecular complexity index is 492. The van der Waals surface area contributed by atoms with Gasteiger partial charge in [-0.05, 0) is 13.0 Å². The van der Waals surface area contributed by atoms with Gasteiger partial charge >= 0.3 is 0 Å². The molecule has 0 spiro atoms. The number of aromatic nitrogens is 4. The summed E-state index contributed by atoms with van der Waals surface area (Å²) in [6, 6.07) is 1.80. The van der Waals surface area contributed by atoms with Gasteiger partial charge in [0.25, 0.3) is 0 Å². The van der Waals surface area contributed by atoms with E-state index < -0.39 is 0 Å². The first kappa shape index (κ1) is 11.7. The first-order valence-electron chi connectivity index (χ1n) is 5.42. The highest BCUT2D eigenvalue weighted by Crippen LogP contribution is 2.14. The van der Waals surface area contributed by atoms with Crippen molar-refractivity contribution in [1.29, 1.82) is 0 Å². The summed E-state index contributed by atoms with van der Waals surface area (Å²) in [5, 5.41) is 0. The van der Waals surface area contributed by atoms with Crippen LogP contribution < -0.4 is 11.3 Å². The number of aryl methyl sites for hydroxylation is 2. The van der Waals surface area contributed by atoms with Crippen molar-refractivity contribution in [3.05, 3.63) is 42.0 Å². The smallest absolute Gasteiger partial charge is 0.125 e. The van der Waals surface area contributed by atoms with Crippen LogP contribution in [0.1, 0.15) is 23.4 Å². The predicted molar refractivity (Wildman–Crippen MR) is 63.7 cm³/mol. The summed E-state index contributed by atoms with van der Waals surface area (Å²) in [4.78, 5) is 12.7. The lowest BCUT2D eigenvalue weighted by atomic mass is 10.1. The van der Waals surface area contributed by atoms with Gasteiger partial charge in [0.15, 0.2) is 0 Å². The molecule has 2 heterocycles. The van der Waals surface area contributed by atoms with Crippen molar-refractivity contribution in [1.82, 2.24) is 24.9 Å². The summed E-state index contributed by atoms with van der Waals surface area (Å²) < 4.78 is 1.97. The molecule has 0 aliphatic carbocycles. The fourth-order valence-electron chi connectivity index (χ4n) is 1.69. The van der Waals surface area contributed by atoms with Gasteiger partial charge in [-0.25, -0.2) is 15.0 Å². The molecule has 0 radical (unpaired) electrons. The van der Waals surface area contributed by atoms with Gasteiger partial charge in [-0.3, -0.25) is 11.3 Å². The maximum absolute atomic E-state index is 5.57. The van der Waals surface area contributed by atoms with E-state index >= 15 is 0 Å². The van der Waals surface area contributed by atoms with Crippen LogP contribution in [0.25, 0.3) is 0 Å². The van der Waals surface area contributed by atoms with Gasteiger partial charge in [-0.15, -0.1) is 0 Å². The van der Waals surface area contributed by atoms with Crippen LogP contribution in [-0.2, 0) is 13.5 Å². The van der Waals surface area contributed by atoms with E-state index in [1.54, 1.807) is 12.4 Å². The average molecular weight is 232 g/mol. The summed E-state index contributed by atoms with van der Waals surface area (Å²) in [6.45, 7) is 1.86. The zero-order chi connectivity index (χ0) is 12.3. The van der Waals surface area contributed by atoms with Gasteiger partial charge in [0, 0.05) is 32.1 Å². The van der Waals surface area contributed by atoms with Crippen molar-refractivity contribution in [2.24, 2.45) is 12.9 Å². The van der Waals surface area contributed by atoms with Gasteiger partial charge in [-0.2, -0.15) is 0 Å². The Morgan fingerprint density at radius 2 is 2.24 bits per heavy atom. The Balaban J connectivity index is 2.20. The number of hydrogen-bond donors (Lipinski definition) is 2. The molecular weight excluding hydrogens is 216 g/mol. The number of rotatable bonds is 4. The van der Waals surface area contributed by atoms with Crippen LogP contribution in [0.5, 0.6) is 0 Å². The summed E-state index contributed by atoms with van der Waals surface area (Å²) in [5.41, 5.74) is 3.65. The molecule has 17 heavy (non-hydrogen) atoms. The van der Waals surface area contributed by atoms with E-state index in [1.807, 2.05) is 30.8 Å². The topological polar surface area (TPSA) is 81.7 Å². The molecule has 2 aromatic rings. The second-order valence-corrected chi connectivity index (χ2v) is 3.91. The average Bonchev–Trinajstić information content (AvgIpc) is 2.71. The van der Waals surface area contributed by atoms with Crippen molar-refractivity contribution >= 4 is 0 Å². The van der Waals surface area contributed by atoms with E-state index in [-0.39, 0.29) is 6.04 Å². The van der Waals surface area contributed by atoms with Crippen LogP contribution in [0.4, 0.5) is 0 Å². The lowest BCUT2D eigenvalue weighted by molar-refractivity contribution is 0.516. The summed E-state index contributed by atoms with van der Waals surface area (Å²) in [5.74, 6) is 7.27. The van der Waals surface area contributed by atoms with Crippen LogP contribution in [-0.4, -0.2) is 19.5 Å². The fourth-order valence-corrected chi connectivity index (χ4v) is 1.69. The first-order chi connectivity index (χ1) is 8.20. The van der Waals surface area contributed by atoms with Crippen molar-refractivity contribution in [2.75, 3.05) is 0 Å². The SMILES string of the molecule is Cc1nccc(C(Cc2nccn2C)NN)n1. The molecule has 0 amide bonds. The van der Waals surface area contributed by atoms with Crippen molar-refractivity contribution in [2.45, 2.75) is 19.4 Å². The number of imidazole rings is 1. The minimum absolute atomic E-state index is 0.0576. The van der Waals surface area contributed by atoms with Crippen molar-refractivity contribution < 1.29 is 0 Å². The number of nitrogens with one attached hydrogen (secondary N) is 1. The molecule has 6 heteroatoms. The molecule has 0 bridgehead atoms. The summed E-state index contributed by atoms with van der Waals surface area (Å²) in [7, 11) is 1.96. The molecule has 0 aliphatic heterocycles. The van der Waals surface area contributed by atoms with E-state index in [4.69, 9.17) is 5.84 Å². The van der Waals surface area contributed by atoms with Gasteiger partial charge in [0.05, 0.1) is 11.7 Å². The van der Waals surface area contributed by atoms with Gasteiger partial charge in [0.1, 0.15) is 11.6 Å². The van der Waals surface area contributed by atoms with E-state index in [0.717, 1.165) is 17.3 Å². The lowest BCUT2D eigenvalue weighted by Gasteiger charge is -2.15. The Morgan fingerprint density at radius 1 is 1.41 bits per heavy atom. The molecule has 2 rings (SSSR count). The largest absolute Gasteiger partial charge is 0.338 e. The van der Waals surface area contributed by atoms with Gasteiger partial charge < -0.3 is 4.57 Å². The van der Waals surface area contributed by atoms with Gasteiger partial charge in [0.2, 0.25) is 0 Å². The third-order valence-electron chi connectivity index (χ3n) is 2.66. The number of hydrazine groups is 1. The molecular formula is C11H16N6. The predicted octanol–water partition coefficient (Wildman–Crippen LogP) is 0.266. The van der Waals surface area contributed by atoms with Crippen LogP contribution in [0, 0.1) is 6.92 Å². The second-order valence-electron chi connectivity index (χ2n) is 3.91. The minimum atomic E-state index is -0.0576. The van der Waals surface area contributed by atoms with E-state index in [9.17, 15) is 0 Å². The quantitative estimate of drug-likeness (QED) is 0.584. The molecule has 6 nitrogen and oxygen atoms in total.